The molecular formula is C20H29ClN4O3. The molecule has 2 saturated heterocycles. The van der Waals surface area contributed by atoms with Crippen molar-refractivity contribution in [2.24, 2.45) is 4.99 Å². The topological polar surface area (TPSA) is 74.2 Å². The summed E-state index contributed by atoms with van der Waals surface area (Å²) in [5.41, 5.74) is 0.263. The molecule has 3 rings (SSSR count). The fraction of sp³-hybridized carbons (Fsp3) is 0.650. The second-order valence-electron chi connectivity index (χ2n) is 8.40. The van der Waals surface area contributed by atoms with E-state index in [9.17, 15) is 9.59 Å². The molecule has 3 aliphatic rings. The van der Waals surface area contributed by atoms with Gasteiger partial charge in [-0.05, 0) is 45.6 Å². The standard InChI is InChI=1S/C20H29ClN4O3/c1-6-13-8-9-14-16(23-15(13)21)25-11-10-24(18(27)28-19(3,4)5)12-20(25,7-2)17(26)22-14/h9H,6-8,10-12H2,1-5H3,(H,22,26). The molecule has 1 unspecified atom stereocenters. The van der Waals surface area contributed by atoms with Gasteiger partial charge in [0.15, 0.2) is 5.84 Å². The van der Waals surface area contributed by atoms with Crippen LogP contribution in [-0.4, -0.2) is 58.4 Å². The van der Waals surface area contributed by atoms with Gasteiger partial charge in [0, 0.05) is 13.1 Å². The first-order valence-corrected chi connectivity index (χ1v) is 10.2. The largest absolute Gasteiger partial charge is 0.444 e. The average Bonchev–Trinajstić information content (AvgIpc) is 2.78. The quantitative estimate of drug-likeness (QED) is 0.711. The third kappa shape index (κ3) is 3.64. The highest BCUT2D eigenvalue weighted by molar-refractivity contribution is 6.31. The molecule has 0 aliphatic carbocycles. The number of nitrogens with zero attached hydrogens (tertiary/aromatic N) is 3. The zero-order valence-corrected chi connectivity index (χ0v) is 18.0. The highest BCUT2D eigenvalue weighted by Gasteiger charge is 2.53. The number of rotatable bonds is 2. The lowest BCUT2D eigenvalue weighted by Crippen LogP contribution is -2.74. The molecule has 3 heterocycles. The number of amides is 2. The lowest BCUT2D eigenvalue weighted by Gasteiger charge is -2.53. The van der Waals surface area contributed by atoms with E-state index in [1.165, 1.54) is 0 Å². The van der Waals surface area contributed by atoms with Crippen molar-refractivity contribution in [1.29, 1.82) is 0 Å². The van der Waals surface area contributed by atoms with E-state index in [0.717, 1.165) is 12.0 Å². The van der Waals surface area contributed by atoms with Crippen LogP contribution in [0.3, 0.4) is 0 Å². The molecule has 7 nitrogen and oxygen atoms in total. The number of amidine groups is 1. The molecular weight excluding hydrogens is 380 g/mol. The van der Waals surface area contributed by atoms with E-state index in [4.69, 9.17) is 16.3 Å². The van der Waals surface area contributed by atoms with Crippen LogP contribution in [0.15, 0.2) is 27.5 Å². The van der Waals surface area contributed by atoms with Crippen LogP contribution in [0.1, 0.15) is 53.9 Å². The fourth-order valence-corrected chi connectivity index (χ4v) is 4.13. The van der Waals surface area contributed by atoms with Gasteiger partial charge in [0.25, 0.3) is 5.91 Å². The third-order valence-corrected chi connectivity index (χ3v) is 5.79. The molecule has 0 aromatic heterocycles. The summed E-state index contributed by atoms with van der Waals surface area (Å²) in [6.45, 7) is 10.7. The zero-order chi connectivity index (χ0) is 20.7. The number of hydrogen-bond acceptors (Lipinski definition) is 5. The summed E-state index contributed by atoms with van der Waals surface area (Å²) in [6, 6.07) is 0. The average molecular weight is 409 g/mol. The number of allylic oxidation sites excluding steroid dienone is 2. The summed E-state index contributed by atoms with van der Waals surface area (Å²) < 4.78 is 5.52. The molecule has 0 bridgehead atoms. The minimum atomic E-state index is -0.890. The maximum Gasteiger partial charge on any atom is 0.410 e. The van der Waals surface area contributed by atoms with Crippen LogP contribution in [0, 0.1) is 0 Å². The molecule has 0 radical (unpaired) electrons. The number of ether oxygens (including phenoxy) is 1. The first-order chi connectivity index (χ1) is 13.1. The number of nitrogens with one attached hydrogen (secondary N) is 1. The van der Waals surface area contributed by atoms with E-state index in [2.05, 4.69) is 10.3 Å². The highest BCUT2D eigenvalue weighted by Crippen LogP contribution is 2.35. The van der Waals surface area contributed by atoms with Gasteiger partial charge in [0.2, 0.25) is 0 Å². The molecule has 2 amide bonds. The van der Waals surface area contributed by atoms with Gasteiger partial charge in [-0.1, -0.05) is 31.5 Å². The summed E-state index contributed by atoms with van der Waals surface area (Å²) in [6.07, 6.45) is 3.58. The predicted molar refractivity (Wildman–Crippen MR) is 109 cm³/mol. The van der Waals surface area contributed by atoms with Crippen LogP contribution in [0.2, 0.25) is 0 Å². The van der Waals surface area contributed by atoms with Gasteiger partial charge in [-0.3, -0.25) is 4.79 Å². The van der Waals surface area contributed by atoms with Crippen LogP contribution in [0.4, 0.5) is 4.79 Å². The first kappa shape index (κ1) is 20.7. The van der Waals surface area contributed by atoms with Gasteiger partial charge >= 0.3 is 6.09 Å². The Hall–Kier alpha value is -2.02. The van der Waals surface area contributed by atoms with Gasteiger partial charge < -0.3 is 19.9 Å². The van der Waals surface area contributed by atoms with Crippen molar-refractivity contribution in [3.05, 3.63) is 22.5 Å². The van der Waals surface area contributed by atoms with Crippen molar-refractivity contribution in [3.8, 4) is 0 Å². The monoisotopic (exact) mass is 408 g/mol. The number of piperazine rings is 2. The van der Waals surface area contributed by atoms with Crippen LogP contribution >= 0.6 is 11.6 Å². The Morgan fingerprint density at radius 3 is 2.68 bits per heavy atom. The lowest BCUT2D eigenvalue weighted by atomic mass is 9.86. The second-order valence-corrected chi connectivity index (χ2v) is 8.76. The maximum absolute atomic E-state index is 13.2. The highest BCUT2D eigenvalue weighted by atomic mass is 35.5. The van der Waals surface area contributed by atoms with Gasteiger partial charge in [0.1, 0.15) is 16.3 Å². The van der Waals surface area contributed by atoms with Crippen molar-refractivity contribution in [2.75, 3.05) is 19.6 Å². The molecule has 2 fully saturated rings. The van der Waals surface area contributed by atoms with Crippen molar-refractivity contribution >= 4 is 29.4 Å². The number of hydrogen-bond donors (Lipinski definition) is 1. The van der Waals surface area contributed by atoms with E-state index in [0.29, 0.717) is 42.6 Å². The smallest absolute Gasteiger partial charge is 0.410 e. The Morgan fingerprint density at radius 1 is 1.36 bits per heavy atom. The van der Waals surface area contributed by atoms with Gasteiger partial charge in [-0.2, -0.15) is 0 Å². The Balaban J connectivity index is 1.95. The van der Waals surface area contributed by atoms with Crippen molar-refractivity contribution in [1.82, 2.24) is 15.1 Å². The molecule has 0 aromatic rings. The van der Waals surface area contributed by atoms with Crippen molar-refractivity contribution in [2.45, 2.75) is 65.0 Å². The number of halogens is 1. The van der Waals surface area contributed by atoms with E-state index in [-0.39, 0.29) is 12.5 Å². The fourth-order valence-electron chi connectivity index (χ4n) is 3.84. The molecule has 3 aliphatic heterocycles. The van der Waals surface area contributed by atoms with E-state index in [1.54, 1.807) is 4.90 Å². The van der Waals surface area contributed by atoms with Crippen LogP contribution < -0.4 is 5.32 Å². The Morgan fingerprint density at radius 2 is 2.07 bits per heavy atom. The molecule has 8 heteroatoms. The molecule has 0 spiro atoms. The Labute approximate surface area is 171 Å². The SMILES string of the molecule is CCC1=C(Cl)N=C2C(=CC1)NC(=O)C1(CC)CN(C(=O)OC(C)(C)C)CCN21. The van der Waals surface area contributed by atoms with Crippen molar-refractivity contribution < 1.29 is 14.3 Å². The van der Waals surface area contributed by atoms with Gasteiger partial charge in [-0.25, -0.2) is 9.79 Å². The summed E-state index contributed by atoms with van der Waals surface area (Å²) in [5.74, 6) is 0.559. The number of fused-ring (bicyclic) bond motifs is 3. The number of carbonyl (C=O) groups excluding carboxylic acids is 2. The van der Waals surface area contributed by atoms with Crippen LogP contribution in [0.5, 0.6) is 0 Å². The van der Waals surface area contributed by atoms with E-state index in [1.807, 2.05) is 45.6 Å². The van der Waals surface area contributed by atoms with Crippen molar-refractivity contribution in [3.63, 3.8) is 0 Å². The summed E-state index contributed by atoms with van der Waals surface area (Å²) in [4.78, 5) is 34.1. The van der Waals surface area contributed by atoms with E-state index >= 15 is 0 Å². The van der Waals surface area contributed by atoms with Gasteiger partial charge in [0.05, 0.1) is 12.2 Å². The number of carbonyl (C=O) groups is 2. The Bertz CT molecular complexity index is 781. The molecule has 28 heavy (non-hydrogen) atoms. The molecule has 0 aromatic carbocycles. The molecule has 154 valence electrons. The van der Waals surface area contributed by atoms with Crippen LogP contribution in [-0.2, 0) is 9.53 Å². The lowest BCUT2D eigenvalue weighted by molar-refractivity contribution is -0.135. The molecule has 1 atom stereocenters. The Kier molecular flexibility index (Phi) is 5.49. The first-order valence-electron chi connectivity index (χ1n) is 9.85. The number of aliphatic imine (C=N–C) groups is 1. The minimum absolute atomic E-state index is 0.121. The van der Waals surface area contributed by atoms with Crippen LogP contribution in [0.25, 0.3) is 0 Å². The third-order valence-electron chi connectivity index (χ3n) is 5.44. The van der Waals surface area contributed by atoms with E-state index < -0.39 is 17.2 Å². The molecule has 0 saturated carbocycles. The second kappa shape index (κ2) is 7.43. The molecule has 1 N–H and O–H groups in total. The minimum Gasteiger partial charge on any atom is -0.444 e. The summed E-state index contributed by atoms with van der Waals surface area (Å²) in [5, 5.41) is 3.49. The summed E-state index contributed by atoms with van der Waals surface area (Å²) >= 11 is 6.45. The normalized spacial score (nSPS) is 25.3. The predicted octanol–water partition coefficient (Wildman–Crippen LogP) is 3.36. The zero-order valence-electron chi connectivity index (χ0n) is 17.3. The summed E-state index contributed by atoms with van der Waals surface area (Å²) in [7, 11) is 0. The maximum atomic E-state index is 13.2. The van der Waals surface area contributed by atoms with Gasteiger partial charge in [-0.15, -0.1) is 0 Å².